The molecule has 35 heavy (non-hydrogen) atoms. The summed E-state index contributed by atoms with van der Waals surface area (Å²) in [6.45, 7) is 0.710. The van der Waals surface area contributed by atoms with Gasteiger partial charge < -0.3 is 10.6 Å². The summed E-state index contributed by atoms with van der Waals surface area (Å²) in [5, 5.41) is 6.48. The quantitative estimate of drug-likeness (QED) is 0.282. The van der Waals surface area contributed by atoms with E-state index in [4.69, 9.17) is 11.6 Å². The Labute approximate surface area is 205 Å². The third kappa shape index (κ3) is 6.39. The molecule has 8 heteroatoms. The van der Waals surface area contributed by atoms with Gasteiger partial charge >= 0.3 is 6.18 Å². The fourth-order valence-electron chi connectivity index (χ4n) is 3.55. The summed E-state index contributed by atoms with van der Waals surface area (Å²) in [4.78, 5) is 17.3. The Morgan fingerprint density at radius 1 is 0.886 bits per heavy atom. The van der Waals surface area contributed by atoms with E-state index in [1.165, 1.54) is 18.2 Å². The van der Waals surface area contributed by atoms with Crippen LogP contribution in [-0.4, -0.2) is 17.4 Å². The van der Waals surface area contributed by atoms with Crippen LogP contribution in [0, 0.1) is 0 Å². The zero-order valence-electron chi connectivity index (χ0n) is 18.4. The summed E-state index contributed by atoms with van der Waals surface area (Å²) in [5.74, 6) is -0.418. The molecule has 0 saturated carbocycles. The topological polar surface area (TPSA) is 54.0 Å². The number of halogens is 4. The lowest BCUT2D eigenvalue weighted by Crippen LogP contribution is -2.13. The largest absolute Gasteiger partial charge is 0.416 e. The summed E-state index contributed by atoms with van der Waals surface area (Å²) < 4.78 is 38.7. The molecular weight excluding hydrogens is 475 g/mol. The van der Waals surface area contributed by atoms with Gasteiger partial charge in [0.25, 0.3) is 5.91 Å². The van der Waals surface area contributed by atoms with E-state index < -0.39 is 17.6 Å². The number of amides is 1. The molecule has 0 atom stereocenters. The van der Waals surface area contributed by atoms with Gasteiger partial charge in [-0.05, 0) is 71.8 Å². The first-order valence-corrected chi connectivity index (χ1v) is 11.2. The second-order valence-electron chi connectivity index (χ2n) is 7.79. The minimum Gasteiger partial charge on any atom is -0.385 e. The highest BCUT2D eigenvalue weighted by Crippen LogP contribution is 2.33. The number of hydrogen-bond acceptors (Lipinski definition) is 3. The van der Waals surface area contributed by atoms with Crippen molar-refractivity contribution in [2.24, 2.45) is 0 Å². The highest BCUT2D eigenvalue weighted by atomic mass is 35.5. The summed E-state index contributed by atoms with van der Waals surface area (Å²) in [5.41, 5.74) is 2.93. The number of aromatic nitrogens is 1. The third-order valence-electron chi connectivity index (χ3n) is 5.33. The molecule has 0 fully saturated rings. The second kappa shape index (κ2) is 10.6. The molecule has 1 amide bonds. The fourth-order valence-corrected chi connectivity index (χ4v) is 3.72. The van der Waals surface area contributed by atoms with Crippen molar-refractivity contribution in [1.29, 1.82) is 0 Å². The van der Waals surface area contributed by atoms with Crippen molar-refractivity contribution in [3.05, 3.63) is 113 Å². The van der Waals surface area contributed by atoms with Crippen molar-refractivity contribution in [3.8, 4) is 11.1 Å². The Hall–Kier alpha value is -3.84. The standard InChI is InChI=1S/C27H21ClF3N3O/c28-20-8-13-24(18-4-6-19(7-5-18)27(29,30)31)25(17-20)26(35)34-23-11-9-22(10-12-23)33-16-14-21-3-1-2-15-32-21/h1-13,15,17,33H,14,16H2,(H,34,35). The first-order chi connectivity index (χ1) is 16.8. The van der Waals surface area contributed by atoms with Crippen LogP contribution in [0.25, 0.3) is 11.1 Å². The predicted molar refractivity (Wildman–Crippen MR) is 133 cm³/mol. The van der Waals surface area contributed by atoms with Gasteiger partial charge in [0.2, 0.25) is 0 Å². The van der Waals surface area contributed by atoms with E-state index in [-0.39, 0.29) is 5.56 Å². The molecule has 3 aromatic carbocycles. The minimum absolute atomic E-state index is 0.259. The van der Waals surface area contributed by atoms with Crippen LogP contribution in [0.4, 0.5) is 24.5 Å². The molecule has 0 unspecified atom stereocenters. The van der Waals surface area contributed by atoms with Crippen LogP contribution >= 0.6 is 11.6 Å². The van der Waals surface area contributed by atoms with Crippen LogP contribution < -0.4 is 10.6 Å². The average molecular weight is 496 g/mol. The number of nitrogens with one attached hydrogen (secondary N) is 2. The van der Waals surface area contributed by atoms with Crippen LogP contribution in [0.2, 0.25) is 5.02 Å². The van der Waals surface area contributed by atoms with Crippen molar-refractivity contribution in [1.82, 2.24) is 4.98 Å². The number of nitrogens with zero attached hydrogens (tertiary/aromatic N) is 1. The van der Waals surface area contributed by atoms with Crippen molar-refractivity contribution in [3.63, 3.8) is 0 Å². The minimum atomic E-state index is -4.43. The van der Waals surface area contributed by atoms with E-state index >= 15 is 0 Å². The van der Waals surface area contributed by atoms with Crippen LogP contribution in [0.1, 0.15) is 21.6 Å². The number of benzene rings is 3. The van der Waals surface area contributed by atoms with Crippen LogP contribution in [0.3, 0.4) is 0 Å². The maximum absolute atomic E-state index is 13.0. The lowest BCUT2D eigenvalue weighted by atomic mass is 9.98. The molecule has 0 aliphatic rings. The van der Waals surface area contributed by atoms with Gasteiger partial charge in [-0.3, -0.25) is 9.78 Å². The van der Waals surface area contributed by atoms with E-state index in [9.17, 15) is 18.0 Å². The smallest absolute Gasteiger partial charge is 0.385 e. The highest BCUT2D eigenvalue weighted by Gasteiger charge is 2.30. The van der Waals surface area contributed by atoms with Gasteiger partial charge in [0.15, 0.2) is 0 Å². The summed E-state index contributed by atoms with van der Waals surface area (Å²) in [7, 11) is 0. The number of pyridine rings is 1. The average Bonchev–Trinajstić information content (AvgIpc) is 2.85. The number of carbonyl (C=O) groups excluding carboxylic acids is 1. The highest BCUT2D eigenvalue weighted by molar-refractivity contribution is 6.31. The molecule has 4 aromatic rings. The maximum Gasteiger partial charge on any atom is 0.416 e. The van der Waals surface area contributed by atoms with Gasteiger partial charge in [0, 0.05) is 46.8 Å². The fraction of sp³-hybridized carbons (Fsp3) is 0.111. The Morgan fingerprint density at radius 2 is 1.60 bits per heavy atom. The lowest BCUT2D eigenvalue weighted by Gasteiger charge is -2.13. The first kappa shape index (κ1) is 24.3. The van der Waals surface area contributed by atoms with Gasteiger partial charge in [0.05, 0.1) is 5.56 Å². The molecule has 4 rings (SSSR count). The Balaban J connectivity index is 1.44. The lowest BCUT2D eigenvalue weighted by molar-refractivity contribution is -0.137. The van der Waals surface area contributed by atoms with Crippen molar-refractivity contribution in [2.45, 2.75) is 12.6 Å². The number of anilines is 2. The maximum atomic E-state index is 13.0. The second-order valence-corrected chi connectivity index (χ2v) is 8.23. The van der Waals surface area contributed by atoms with Gasteiger partial charge in [-0.25, -0.2) is 0 Å². The molecule has 2 N–H and O–H groups in total. The normalized spacial score (nSPS) is 11.2. The molecule has 0 radical (unpaired) electrons. The van der Waals surface area contributed by atoms with Crippen LogP contribution in [0.5, 0.6) is 0 Å². The van der Waals surface area contributed by atoms with Crippen molar-refractivity contribution in [2.75, 3.05) is 17.2 Å². The Morgan fingerprint density at radius 3 is 2.26 bits per heavy atom. The van der Waals surface area contributed by atoms with E-state index in [2.05, 4.69) is 15.6 Å². The van der Waals surface area contributed by atoms with E-state index in [0.29, 0.717) is 28.4 Å². The third-order valence-corrected chi connectivity index (χ3v) is 5.56. The van der Waals surface area contributed by atoms with E-state index in [1.54, 1.807) is 30.5 Å². The molecular formula is C27H21ClF3N3O. The van der Waals surface area contributed by atoms with Gasteiger partial charge in [-0.2, -0.15) is 13.2 Å². The van der Waals surface area contributed by atoms with E-state index in [1.807, 2.05) is 30.3 Å². The zero-order valence-corrected chi connectivity index (χ0v) is 19.2. The molecule has 1 heterocycles. The van der Waals surface area contributed by atoms with Crippen LogP contribution in [-0.2, 0) is 12.6 Å². The summed E-state index contributed by atoms with van der Waals surface area (Å²) in [6, 6.07) is 22.4. The number of alkyl halides is 3. The molecule has 0 aliphatic carbocycles. The molecule has 4 nitrogen and oxygen atoms in total. The van der Waals surface area contributed by atoms with E-state index in [0.717, 1.165) is 29.9 Å². The monoisotopic (exact) mass is 495 g/mol. The Bertz CT molecular complexity index is 1290. The number of carbonyl (C=O) groups is 1. The predicted octanol–water partition coefficient (Wildman–Crippen LogP) is 7.33. The zero-order chi connectivity index (χ0) is 24.8. The van der Waals surface area contributed by atoms with Gasteiger partial charge in [0.1, 0.15) is 0 Å². The molecule has 0 aliphatic heterocycles. The van der Waals surface area contributed by atoms with Crippen molar-refractivity contribution < 1.29 is 18.0 Å². The molecule has 1 aromatic heterocycles. The molecule has 0 saturated heterocycles. The molecule has 0 bridgehead atoms. The number of hydrogen-bond donors (Lipinski definition) is 2. The number of rotatable bonds is 7. The van der Waals surface area contributed by atoms with Crippen molar-refractivity contribution >= 4 is 28.9 Å². The molecule has 0 spiro atoms. The van der Waals surface area contributed by atoms with Gasteiger partial charge in [-0.1, -0.05) is 35.9 Å². The first-order valence-electron chi connectivity index (χ1n) is 10.8. The van der Waals surface area contributed by atoms with Crippen LogP contribution in [0.15, 0.2) is 91.1 Å². The summed E-state index contributed by atoms with van der Waals surface area (Å²) >= 11 is 6.11. The molecule has 178 valence electrons. The summed E-state index contributed by atoms with van der Waals surface area (Å²) in [6.07, 6.45) is -1.89. The van der Waals surface area contributed by atoms with Gasteiger partial charge in [-0.15, -0.1) is 0 Å². The SMILES string of the molecule is O=C(Nc1ccc(NCCc2ccccn2)cc1)c1cc(Cl)ccc1-c1ccc(C(F)(F)F)cc1. The Kier molecular flexibility index (Phi) is 7.36.